The number of carbonyl (C=O) groups is 1. The van der Waals surface area contributed by atoms with Gasteiger partial charge < -0.3 is 26.8 Å². The minimum atomic E-state index is -1.36. The van der Waals surface area contributed by atoms with Crippen LogP contribution in [0.3, 0.4) is 0 Å². The summed E-state index contributed by atoms with van der Waals surface area (Å²) in [5.41, 5.74) is 11.5. The summed E-state index contributed by atoms with van der Waals surface area (Å²) < 4.78 is 5.17. The third-order valence-corrected chi connectivity index (χ3v) is 8.40. The zero-order chi connectivity index (χ0) is 30.3. The molecule has 3 aromatic heterocycles. The summed E-state index contributed by atoms with van der Waals surface area (Å²) >= 11 is 1.40. The number of imidazole rings is 1. The van der Waals surface area contributed by atoms with Crippen molar-refractivity contribution in [3.05, 3.63) is 44.0 Å². The van der Waals surface area contributed by atoms with E-state index in [1.165, 1.54) is 20.5 Å². The first kappa shape index (κ1) is 29.3. The maximum atomic E-state index is 13.9. The standard InChI is InChI=1S/C28H35N9O4S/c1-5-6-12-36-21-23(33-26(36)35-11-7-8-17(14-35)31-24(39)22(38)28(2,3)30)34(4)27(41)37(25(21)40)15-20-32-18-13-16(29)9-10-19(18)42-20/h9-10,13,17,22,38H,7-8,11-12,14-15,29-30H2,1-4H3,(H,31,39)/t17-,22?/m1/s1. The molecule has 13 nitrogen and oxygen atoms in total. The van der Waals surface area contributed by atoms with Gasteiger partial charge >= 0.3 is 5.69 Å². The molecule has 1 aliphatic heterocycles. The number of nitrogens with two attached hydrogens (primary N) is 2. The highest BCUT2D eigenvalue weighted by atomic mass is 32.1. The van der Waals surface area contributed by atoms with Gasteiger partial charge in [0.1, 0.15) is 11.1 Å². The van der Waals surface area contributed by atoms with E-state index in [1.807, 2.05) is 11.0 Å². The van der Waals surface area contributed by atoms with Crippen molar-refractivity contribution in [1.29, 1.82) is 0 Å². The number of benzene rings is 1. The molecule has 0 aliphatic carbocycles. The van der Waals surface area contributed by atoms with Crippen LogP contribution in [0.4, 0.5) is 11.6 Å². The third kappa shape index (κ3) is 5.50. The van der Waals surface area contributed by atoms with Crippen LogP contribution in [0.15, 0.2) is 27.8 Å². The Kier molecular flexibility index (Phi) is 7.84. The number of nitrogens with one attached hydrogen (secondary N) is 1. The van der Waals surface area contributed by atoms with Gasteiger partial charge in [0.15, 0.2) is 11.2 Å². The van der Waals surface area contributed by atoms with E-state index in [9.17, 15) is 19.5 Å². The van der Waals surface area contributed by atoms with Gasteiger partial charge in [0, 0.05) is 37.4 Å². The van der Waals surface area contributed by atoms with E-state index in [0.29, 0.717) is 41.7 Å². The van der Waals surface area contributed by atoms with Crippen LogP contribution in [0.5, 0.6) is 0 Å². The van der Waals surface area contributed by atoms with Crippen LogP contribution in [0.25, 0.3) is 21.4 Å². The molecule has 1 fully saturated rings. The fraction of sp³-hybridized carbons (Fsp3) is 0.464. The van der Waals surface area contributed by atoms with E-state index in [1.54, 1.807) is 44.5 Å². The fourth-order valence-electron chi connectivity index (χ4n) is 5.14. The first-order chi connectivity index (χ1) is 19.9. The quantitative estimate of drug-likeness (QED) is 0.174. The predicted octanol–water partition coefficient (Wildman–Crippen LogP) is 0.343. The zero-order valence-corrected chi connectivity index (χ0v) is 24.9. The molecule has 1 amide bonds. The van der Waals surface area contributed by atoms with Gasteiger partial charge in [-0.2, -0.15) is 4.98 Å². The van der Waals surface area contributed by atoms with Gasteiger partial charge in [0.05, 0.1) is 23.3 Å². The first-order valence-electron chi connectivity index (χ1n) is 13.7. The molecule has 1 aliphatic rings. The lowest BCUT2D eigenvalue weighted by Crippen LogP contribution is -2.57. The highest BCUT2D eigenvalue weighted by Gasteiger charge is 2.33. The Labute approximate surface area is 245 Å². The topological polar surface area (TPSA) is 179 Å². The first-order valence-corrected chi connectivity index (χ1v) is 14.5. The second-order valence-corrected chi connectivity index (χ2v) is 12.3. The van der Waals surface area contributed by atoms with Crippen molar-refractivity contribution in [3.8, 4) is 11.8 Å². The van der Waals surface area contributed by atoms with E-state index >= 15 is 0 Å². The summed E-state index contributed by atoms with van der Waals surface area (Å²) in [6, 6.07) is 5.14. The second kappa shape index (κ2) is 11.2. The smallest absolute Gasteiger partial charge is 0.332 e. The molecule has 222 valence electrons. The zero-order valence-electron chi connectivity index (χ0n) is 24.0. The molecule has 4 heterocycles. The molecule has 6 N–H and O–H groups in total. The Balaban J connectivity index is 1.53. The number of aryl methyl sites for hydroxylation is 1. The number of aromatic nitrogens is 5. The molecule has 0 saturated carbocycles. The highest BCUT2D eigenvalue weighted by Crippen LogP contribution is 2.26. The van der Waals surface area contributed by atoms with E-state index in [-0.39, 0.29) is 30.3 Å². The van der Waals surface area contributed by atoms with Crippen molar-refractivity contribution in [1.82, 2.24) is 29.0 Å². The summed E-state index contributed by atoms with van der Waals surface area (Å²) in [5.74, 6) is 5.83. The van der Waals surface area contributed by atoms with Crippen molar-refractivity contribution >= 4 is 50.3 Å². The molecule has 42 heavy (non-hydrogen) atoms. The molecule has 14 heteroatoms. The second-order valence-electron chi connectivity index (χ2n) is 11.2. The molecule has 1 aromatic carbocycles. The number of fused-ring (bicyclic) bond motifs is 2. The number of hydrogen-bond donors (Lipinski definition) is 4. The van der Waals surface area contributed by atoms with Gasteiger partial charge in [0.2, 0.25) is 5.95 Å². The van der Waals surface area contributed by atoms with Crippen molar-refractivity contribution in [3.63, 3.8) is 0 Å². The minimum Gasteiger partial charge on any atom is -0.399 e. The lowest BCUT2D eigenvalue weighted by atomic mass is 9.97. The number of hydrogen-bond acceptors (Lipinski definition) is 10. The normalized spacial score (nSPS) is 16.4. The van der Waals surface area contributed by atoms with Gasteiger partial charge in [-0.05, 0) is 51.8 Å². The molecule has 4 aromatic rings. The third-order valence-electron chi connectivity index (χ3n) is 7.38. The summed E-state index contributed by atoms with van der Waals surface area (Å²) in [5, 5.41) is 13.8. The van der Waals surface area contributed by atoms with Crippen LogP contribution in [-0.4, -0.2) is 65.5 Å². The Hall–Kier alpha value is -4.19. The molecule has 5 rings (SSSR count). The molecule has 1 unspecified atom stereocenters. The van der Waals surface area contributed by atoms with Crippen molar-refractivity contribution in [2.75, 3.05) is 23.7 Å². The Morgan fingerprint density at radius 3 is 2.76 bits per heavy atom. The SMILES string of the molecule is CC#CCn1c(N2CCC[C@@H](NC(=O)C(O)C(C)(C)N)C2)nc2c1c(=O)n(Cc1nc3cc(N)ccc3s1)c(=O)n2C. The monoisotopic (exact) mass is 593 g/mol. The number of nitrogens with zero attached hydrogens (tertiary/aromatic N) is 6. The van der Waals surface area contributed by atoms with Gasteiger partial charge in [-0.25, -0.2) is 9.78 Å². The Morgan fingerprint density at radius 1 is 1.29 bits per heavy atom. The molecule has 0 radical (unpaired) electrons. The van der Waals surface area contributed by atoms with Gasteiger partial charge in [-0.15, -0.1) is 17.3 Å². The van der Waals surface area contributed by atoms with Gasteiger partial charge in [0.25, 0.3) is 11.5 Å². The lowest BCUT2D eigenvalue weighted by molar-refractivity contribution is -0.132. The number of rotatable bonds is 7. The number of aliphatic hydroxyl groups is 1. The molecule has 0 spiro atoms. The molecule has 1 saturated heterocycles. The number of amides is 1. The summed E-state index contributed by atoms with van der Waals surface area (Å²) in [6.45, 7) is 6.09. The van der Waals surface area contributed by atoms with Crippen molar-refractivity contribution < 1.29 is 9.90 Å². The molecule has 2 atom stereocenters. The minimum absolute atomic E-state index is 0.00168. The summed E-state index contributed by atoms with van der Waals surface area (Å²) in [6.07, 6.45) is 0.0766. The van der Waals surface area contributed by atoms with E-state index in [0.717, 1.165) is 11.1 Å². The van der Waals surface area contributed by atoms with E-state index in [4.69, 9.17) is 16.5 Å². The Bertz CT molecular complexity index is 1850. The molecule has 0 bridgehead atoms. The van der Waals surface area contributed by atoms with Crippen LogP contribution < -0.4 is 32.9 Å². The van der Waals surface area contributed by atoms with Crippen LogP contribution >= 0.6 is 11.3 Å². The van der Waals surface area contributed by atoms with Crippen LogP contribution in [0, 0.1) is 11.8 Å². The van der Waals surface area contributed by atoms with Crippen LogP contribution in [-0.2, 0) is 24.9 Å². The summed E-state index contributed by atoms with van der Waals surface area (Å²) in [4.78, 5) is 51.3. The van der Waals surface area contributed by atoms with E-state index in [2.05, 4.69) is 22.1 Å². The van der Waals surface area contributed by atoms with Crippen molar-refractivity contribution in [2.45, 2.75) is 64.4 Å². The maximum absolute atomic E-state index is 13.9. The average Bonchev–Trinajstić information content (AvgIpc) is 3.53. The largest absolute Gasteiger partial charge is 0.399 e. The van der Waals surface area contributed by atoms with Crippen molar-refractivity contribution in [2.24, 2.45) is 12.8 Å². The molecular weight excluding hydrogens is 558 g/mol. The number of anilines is 2. The summed E-state index contributed by atoms with van der Waals surface area (Å²) in [7, 11) is 1.58. The highest BCUT2D eigenvalue weighted by molar-refractivity contribution is 7.18. The van der Waals surface area contributed by atoms with Gasteiger partial charge in [-0.1, -0.05) is 5.92 Å². The van der Waals surface area contributed by atoms with Crippen LogP contribution in [0.1, 0.15) is 38.6 Å². The average molecular weight is 594 g/mol. The fourth-order valence-corrected chi connectivity index (χ4v) is 6.08. The van der Waals surface area contributed by atoms with E-state index < -0.39 is 28.8 Å². The number of carbonyl (C=O) groups excluding carboxylic acids is 1. The lowest BCUT2D eigenvalue weighted by Gasteiger charge is -2.35. The number of aliphatic hydroxyl groups excluding tert-OH is 1. The number of nitrogen functional groups attached to an aromatic ring is 1. The number of piperidine rings is 1. The molecular formula is C28H35N9O4S. The van der Waals surface area contributed by atoms with Crippen LogP contribution in [0.2, 0.25) is 0 Å². The number of thiazole rings is 1. The predicted molar refractivity (Wildman–Crippen MR) is 163 cm³/mol. The maximum Gasteiger partial charge on any atom is 0.332 e. The Morgan fingerprint density at radius 2 is 2.05 bits per heavy atom. The van der Waals surface area contributed by atoms with Gasteiger partial charge in [-0.3, -0.25) is 23.3 Å².